The van der Waals surface area contributed by atoms with Crippen LogP contribution < -0.4 is 5.84 Å². The lowest BCUT2D eigenvalue weighted by molar-refractivity contribution is 0.0615. The third kappa shape index (κ3) is 2.71. The molecule has 0 atom stereocenters. The van der Waals surface area contributed by atoms with Crippen LogP contribution in [0.1, 0.15) is 26.3 Å². The number of aryl methyl sites for hydroxylation is 1. The van der Waals surface area contributed by atoms with Crippen LogP contribution in [0.25, 0.3) is 0 Å². The molecule has 0 unspecified atom stereocenters. The van der Waals surface area contributed by atoms with Crippen molar-refractivity contribution in [2.75, 3.05) is 0 Å². The summed E-state index contributed by atoms with van der Waals surface area (Å²) in [5.41, 5.74) is 1.24. The molecule has 0 spiro atoms. The Balaban J connectivity index is 2.32. The number of hydrazine groups is 1. The number of nitrogens with two attached hydrogens (primary N) is 1. The monoisotopic (exact) mass is 288 g/mol. The van der Waals surface area contributed by atoms with E-state index in [4.69, 9.17) is 17.4 Å². The Labute approximate surface area is 121 Å². The first-order valence-corrected chi connectivity index (χ1v) is 6.34. The van der Waals surface area contributed by atoms with E-state index in [1.807, 2.05) is 0 Å². The molecule has 4 nitrogen and oxygen atoms in total. The van der Waals surface area contributed by atoms with Gasteiger partial charge in [0.25, 0.3) is 11.8 Å². The first-order chi connectivity index (χ1) is 9.52. The van der Waals surface area contributed by atoms with Crippen molar-refractivity contribution in [2.45, 2.75) is 6.92 Å². The second-order valence-corrected chi connectivity index (χ2v) is 4.69. The molecule has 0 aliphatic carbocycles. The molecule has 0 fully saturated rings. The van der Waals surface area contributed by atoms with E-state index >= 15 is 0 Å². The average molecular weight is 289 g/mol. The van der Waals surface area contributed by atoms with Crippen LogP contribution >= 0.6 is 11.6 Å². The standard InChI is InChI=1S/C15H13ClN2O2/c1-10-6-5-9-12(16)13(10)15(20)18(17)14(19)11-7-3-2-4-8-11/h2-9H,17H2,1H3. The van der Waals surface area contributed by atoms with Crippen LogP contribution in [0.2, 0.25) is 5.02 Å². The molecule has 2 N–H and O–H groups in total. The van der Waals surface area contributed by atoms with Gasteiger partial charge in [-0.1, -0.05) is 41.9 Å². The molecule has 0 aliphatic rings. The maximum atomic E-state index is 12.3. The zero-order chi connectivity index (χ0) is 14.7. The fraction of sp³-hybridized carbons (Fsp3) is 0.0667. The molecule has 20 heavy (non-hydrogen) atoms. The highest BCUT2D eigenvalue weighted by Crippen LogP contribution is 2.21. The van der Waals surface area contributed by atoms with Crippen LogP contribution in [0.5, 0.6) is 0 Å². The maximum absolute atomic E-state index is 12.3. The van der Waals surface area contributed by atoms with Crippen molar-refractivity contribution in [2.24, 2.45) is 5.84 Å². The van der Waals surface area contributed by atoms with Crippen molar-refractivity contribution in [3.8, 4) is 0 Å². The van der Waals surface area contributed by atoms with E-state index in [9.17, 15) is 9.59 Å². The summed E-state index contributed by atoms with van der Waals surface area (Å²) in [5, 5.41) is 0.857. The number of benzene rings is 2. The van der Waals surface area contributed by atoms with E-state index < -0.39 is 11.8 Å². The Morgan fingerprint density at radius 3 is 2.25 bits per heavy atom. The quantitative estimate of drug-likeness (QED) is 0.400. The van der Waals surface area contributed by atoms with Crippen molar-refractivity contribution < 1.29 is 9.59 Å². The number of carbonyl (C=O) groups is 2. The van der Waals surface area contributed by atoms with E-state index in [0.29, 0.717) is 16.1 Å². The minimum Gasteiger partial charge on any atom is -0.267 e. The maximum Gasteiger partial charge on any atom is 0.276 e. The van der Waals surface area contributed by atoms with Gasteiger partial charge in [-0.25, -0.2) is 10.9 Å². The molecular formula is C15H13ClN2O2. The van der Waals surface area contributed by atoms with Gasteiger partial charge in [-0.2, -0.15) is 0 Å². The first kappa shape index (κ1) is 14.2. The molecule has 0 radical (unpaired) electrons. The lowest BCUT2D eigenvalue weighted by Gasteiger charge is -2.16. The summed E-state index contributed by atoms with van der Waals surface area (Å²) in [4.78, 5) is 24.4. The predicted molar refractivity (Wildman–Crippen MR) is 77.3 cm³/mol. The Hall–Kier alpha value is -2.17. The first-order valence-electron chi connectivity index (χ1n) is 5.96. The van der Waals surface area contributed by atoms with Crippen molar-refractivity contribution in [1.29, 1.82) is 0 Å². The van der Waals surface area contributed by atoms with E-state index in [1.165, 1.54) is 0 Å². The number of nitrogens with zero attached hydrogens (tertiary/aromatic N) is 1. The Morgan fingerprint density at radius 2 is 1.65 bits per heavy atom. The van der Waals surface area contributed by atoms with Crippen LogP contribution in [0.15, 0.2) is 48.5 Å². The molecule has 2 aromatic carbocycles. The fourth-order valence-electron chi connectivity index (χ4n) is 1.84. The number of hydrogen-bond acceptors (Lipinski definition) is 3. The molecule has 2 amide bonds. The summed E-state index contributed by atoms with van der Waals surface area (Å²) >= 11 is 6.00. The third-order valence-corrected chi connectivity index (χ3v) is 3.21. The Morgan fingerprint density at radius 1 is 1.00 bits per heavy atom. The van der Waals surface area contributed by atoms with E-state index in [0.717, 1.165) is 0 Å². The van der Waals surface area contributed by atoms with Crippen molar-refractivity contribution >= 4 is 23.4 Å². The SMILES string of the molecule is Cc1cccc(Cl)c1C(=O)N(N)C(=O)c1ccccc1. The minimum atomic E-state index is -0.623. The van der Waals surface area contributed by atoms with Crippen LogP contribution in [0.3, 0.4) is 0 Å². The number of amides is 2. The molecule has 2 aromatic rings. The highest BCUT2D eigenvalue weighted by atomic mass is 35.5. The molecule has 0 saturated heterocycles. The Bertz CT molecular complexity index is 636. The number of carbonyl (C=O) groups excluding carboxylic acids is 2. The van der Waals surface area contributed by atoms with Crippen LogP contribution in [0.4, 0.5) is 0 Å². The highest BCUT2D eigenvalue weighted by molar-refractivity contribution is 6.34. The van der Waals surface area contributed by atoms with Crippen LogP contribution in [0, 0.1) is 6.92 Å². The normalized spacial score (nSPS) is 10.2. The molecule has 0 aliphatic heterocycles. The van der Waals surface area contributed by atoms with Crippen LogP contribution in [-0.4, -0.2) is 16.8 Å². The fourth-order valence-corrected chi connectivity index (χ4v) is 2.14. The molecular weight excluding hydrogens is 276 g/mol. The number of imide groups is 1. The molecule has 0 saturated carbocycles. The number of rotatable bonds is 2. The smallest absolute Gasteiger partial charge is 0.267 e. The van der Waals surface area contributed by atoms with Crippen molar-refractivity contribution in [3.63, 3.8) is 0 Å². The second kappa shape index (κ2) is 5.86. The van der Waals surface area contributed by atoms with Gasteiger partial charge in [0.15, 0.2) is 0 Å². The second-order valence-electron chi connectivity index (χ2n) is 4.28. The van der Waals surface area contributed by atoms with Gasteiger partial charge in [-0.3, -0.25) is 9.59 Å². The lowest BCUT2D eigenvalue weighted by atomic mass is 10.1. The van der Waals surface area contributed by atoms with Gasteiger partial charge < -0.3 is 0 Å². The van der Waals surface area contributed by atoms with Crippen molar-refractivity contribution in [1.82, 2.24) is 5.01 Å². The van der Waals surface area contributed by atoms with Gasteiger partial charge >= 0.3 is 0 Å². The molecule has 0 bridgehead atoms. The van der Waals surface area contributed by atoms with E-state index in [-0.39, 0.29) is 10.6 Å². The minimum absolute atomic E-state index is 0.237. The van der Waals surface area contributed by atoms with E-state index in [2.05, 4.69) is 0 Å². The largest absolute Gasteiger partial charge is 0.276 e. The molecule has 2 rings (SSSR count). The zero-order valence-corrected chi connectivity index (χ0v) is 11.6. The van der Waals surface area contributed by atoms with Gasteiger partial charge in [0.2, 0.25) is 0 Å². The van der Waals surface area contributed by atoms with Crippen LogP contribution in [-0.2, 0) is 0 Å². The summed E-state index contributed by atoms with van der Waals surface area (Å²) in [6, 6.07) is 13.4. The summed E-state index contributed by atoms with van der Waals surface area (Å²) in [7, 11) is 0. The molecule has 0 aromatic heterocycles. The molecule has 102 valence electrons. The summed E-state index contributed by atoms with van der Waals surface area (Å²) in [6.45, 7) is 1.74. The Kier molecular flexibility index (Phi) is 4.17. The van der Waals surface area contributed by atoms with E-state index in [1.54, 1.807) is 55.5 Å². The average Bonchev–Trinajstić information content (AvgIpc) is 2.46. The topological polar surface area (TPSA) is 63.4 Å². The summed E-state index contributed by atoms with van der Waals surface area (Å²) in [6.07, 6.45) is 0. The van der Waals surface area contributed by atoms with Gasteiger partial charge in [0.05, 0.1) is 10.6 Å². The predicted octanol–water partition coefficient (Wildman–Crippen LogP) is 2.80. The van der Waals surface area contributed by atoms with Gasteiger partial charge in [-0.15, -0.1) is 0 Å². The van der Waals surface area contributed by atoms with Gasteiger partial charge in [0, 0.05) is 5.56 Å². The highest BCUT2D eigenvalue weighted by Gasteiger charge is 2.24. The molecule has 0 heterocycles. The zero-order valence-electron chi connectivity index (χ0n) is 10.8. The van der Waals surface area contributed by atoms with Crippen molar-refractivity contribution in [3.05, 3.63) is 70.2 Å². The number of hydrogen-bond donors (Lipinski definition) is 1. The number of halogens is 1. The van der Waals surface area contributed by atoms with Gasteiger partial charge in [-0.05, 0) is 30.7 Å². The molecule has 5 heteroatoms. The third-order valence-electron chi connectivity index (χ3n) is 2.89. The summed E-state index contributed by atoms with van der Waals surface area (Å²) in [5.74, 6) is 4.44. The lowest BCUT2D eigenvalue weighted by Crippen LogP contribution is -2.43. The van der Waals surface area contributed by atoms with Gasteiger partial charge in [0.1, 0.15) is 0 Å². The summed E-state index contributed by atoms with van der Waals surface area (Å²) < 4.78 is 0.